The van der Waals surface area contributed by atoms with Crippen LogP contribution in [0, 0.1) is 6.92 Å². The van der Waals surface area contributed by atoms with Crippen molar-refractivity contribution >= 4 is 21.6 Å². The molecule has 0 radical (unpaired) electrons. The van der Waals surface area contributed by atoms with Gasteiger partial charge in [-0.05, 0) is 18.1 Å². The predicted octanol–water partition coefficient (Wildman–Crippen LogP) is 1.44. The Balaban J connectivity index is 3.10. The molecule has 0 spiro atoms. The summed E-state index contributed by atoms with van der Waals surface area (Å²) in [6, 6.07) is 5.22. The van der Waals surface area contributed by atoms with Gasteiger partial charge in [0.25, 0.3) is 0 Å². The molecule has 2 N–H and O–H groups in total. The molecular formula is C8H10ClNO2S. The lowest BCUT2D eigenvalue weighted by atomic mass is 10.2. The van der Waals surface area contributed by atoms with Crippen molar-refractivity contribution in [2.24, 2.45) is 5.14 Å². The van der Waals surface area contributed by atoms with Crippen LogP contribution >= 0.6 is 11.6 Å². The molecule has 0 bridgehead atoms. The maximum atomic E-state index is 10.8. The van der Waals surface area contributed by atoms with Crippen molar-refractivity contribution in [2.45, 2.75) is 12.7 Å². The molecule has 72 valence electrons. The van der Waals surface area contributed by atoms with E-state index in [2.05, 4.69) is 0 Å². The Morgan fingerprint density at radius 1 is 1.46 bits per heavy atom. The molecule has 0 unspecified atom stereocenters. The first-order valence-corrected chi connectivity index (χ1v) is 5.74. The Morgan fingerprint density at radius 3 is 2.62 bits per heavy atom. The number of sulfonamides is 1. The molecule has 0 aliphatic heterocycles. The van der Waals surface area contributed by atoms with E-state index in [0.29, 0.717) is 10.6 Å². The fraction of sp³-hybridized carbons (Fsp3) is 0.250. The summed E-state index contributed by atoms with van der Waals surface area (Å²) < 4.78 is 21.6. The second kappa shape index (κ2) is 3.65. The molecule has 1 rings (SSSR count). The Morgan fingerprint density at radius 2 is 2.08 bits per heavy atom. The fourth-order valence-corrected chi connectivity index (χ4v) is 1.98. The number of hydrogen-bond donors (Lipinski definition) is 1. The highest BCUT2D eigenvalue weighted by Gasteiger charge is 2.09. The van der Waals surface area contributed by atoms with Gasteiger partial charge in [0.05, 0.1) is 5.75 Å². The molecular weight excluding hydrogens is 210 g/mol. The van der Waals surface area contributed by atoms with Gasteiger partial charge in [-0.1, -0.05) is 29.8 Å². The van der Waals surface area contributed by atoms with Gasteiger partial charge in [0.1, 0.15) is 0 Å². The Kier molecular flexibility index (Phi) is 2.95. The highest BCUT2D eigenvalue weighted by molar-refractivity contribution is 7.88. The van der Waals surface area contributed by atoms with Crippen LogP contribution in [0.4, 0.5) is 0 Å². The lowest BCUT2D eigenvalue weighted by Gasteiger charge is -2.04. The average Bonchev–Trinajstić information content (AvgIpc) is 1.96. The van der Waals surface area contributed by atoms with Crippen LogP contribution in [-0.4, -0.2) is 8.42 Å². The summed E-state index contributed by atoms with van der Waals surface area (Å²) in [5.74, 6) is -0.215. The second-order valence-corrected chi connectivity index (χ2v) is 4.85. The van der Waals surface area contributed by atoms with Gasteiger partial charge in [-0.2, -0.15) is 0 Å². The molecule has 0 saturated heterocycles. The number of nitrogens with two attached hydrogens (primary N) is 1. The van der Waals surface area contributed by atoms with Gasteiger partial charge in [0.15, 0.2) is 0 Å². The molecule has 0 amide bonds. The zero-order valence-corrected chi connectivity index (χ0v) is 8.69. The highest BCUT2D eigenvalue weighted by atomic mass is 35.5. The Labute approximate surface area is 82.6 Å². The highest BCUT2D eigenvalue weighted by Crippen LogP contribution is 2.21. The van der Waals surface area contributed by atoms with Crippen LogP contribution in [0.15, 0.2) is 18.2 Å². The van der Waals surface area contributed by atoms with Gasteiger partial charge in [-0.25, -0.2) is 13.6 Å². The maximum Gasteiger partial charge on any atom is 0.213 e. The molecule has 1 aromatic carbocycles. The van der Waals surface area contributed by atoms with Gasteiger partial charge in [0, 0.05) is 5.02 Å². The van der Waals surface area contributed by atoms with Crippen LogP contribution in [0.5, 0.6) is 0 Å². The monoisotopic (exact) mass is 219 g/mol. The topological polar surface area (TPSA) is 60.2 Å². The molecule has 0 fully saturated rings. The van der Waals surface area contributed by atoms with E-state index >= 15 is 0 Å². The summed E-state index contributed by atoms with van der Waals surface area (Å²) in [4.78, 5) is 0. The van der Waals surface area contributed by atoms with E-state index in [-0.39, 0.29) is 5.75 Å². The maximum absolute atomic E-state index is 10.8. The van der Waals surface area contributed by atoms with Crippen LogP contribution < -0.4 is 5.14 Å². The molecule has 0 aliphatic rings. The minimum Gasteiger partial charge on any atom is -0.228 e. The lowest BCUT2D eigenvalue weighted by molar-refractivity contribution is 0.597. The van der Waals surface area contributed by atoms with E-state index in [1.807, 2.05) is 13.0 Å². The SMILES string of the molecule is Cc1cccc(CS(N)(=O)=O)c1Cl. The predicted molar refractivity (Wildman–Crippen MR) is 53.0 cm³/mol. The first-order valence-electron chi connectivity index (χ1n) is 3.64. The zero-order valence-electron chi connectivity index (χ0n) is 7.12. The van der Waals surface area contributed by atoms with Gasteiger partial charge < -0.3 is 0 Å². The van der Waals surface area contributed by atoms with Crippen molar-refractivity contribution in [3.8, 4) is 0 Å². The minimum absolute atomic E-state index is 0.215. The number of rotatable bonds is 2. The van der Waals surface area contributed by atoms with Crippen molar-refractivity contribution in [1.82, 2.24) is 0 Å². The Hall–Kier alpha value is -0.580. The molecule has 0 heterocycles. The first-order chi connectivity index (χ1) is 5.90. The van der Waals surface area contributed by atoms with Crippen LogP contribution in [0.1, 0.15) is 11.1 Å². The number of aryl methyl sites for hydroxylation is 1. The van der Waals surface area contributed by atoms with Crippen molar-refractivity contribution < 1.29 is 8.42 Å². The number of primary sulfonamides is 1. The number of benzene rings is 1. The van der Waals surface area contributed by atoms with Crippen LogP contribution in [0.25, 0.3) is 0 Å². The molecule has 0 aliphatic carbocycles. The summed E-state index contributed by atoms with van der Waals surface area (Å²) in [6.45, 7) is 1.81. The fourth-order valence-electron chi connectivity index (χ4n) is 1.04. The van der Waals surface area contributed by atoms with Crippen LogP contribution in [0.3, 0.4) is 0 Å². The summed E-state index contributed by atoms with van der Waals surface area (Å²) in [5, 5.41) is 5.37. The van der Waals surface area contributed by atoms with Crippen LogP contribution in [-0.2, 0) is 15.8 Å². The minimum atomic E-state index is -3.50. The third-order valence-electron chi connectivity index (χ3n) is 1.63. The second-order valence-electron chi connectivity index (χ2n) is 2.86. The summed E-state index contributed by atoms with van der Waals surface area (Å²) in [5.41, 5.74) is 1.40. The third-order valence-corrected chi connectivity index (χ3v) is 2.88. The standard InChI is InChI=1S/C8H10ClNO2S/c1-6-3-2-4-7(8(6)9)5-13(10,11)12/h2-4H,5H2,1H3,(H2,10,11,12). The molecule has 13 heavy (non-hydrogen) atoms. The van der Waals surface area contributed by atoms with Gasteiger partial charge in [-0.15, -0.1) is 0 Å². The quantitative estimate of drug-likeness (QED) is 0.818. The Bertz CT molecular complexity index is 414. The van der Waals surface area contributed by atoms with Gasteiger partial charge >= 0.3 is 0 Å². The molecule has 0 atom stereocenters. The molecule has 5 heteroatoms. The van der Waals surface area contributed by atoms with Crippen molar-refractivity contribution in [3.63, 3.8) is 0 Å². The van der Waals surface area contributed by atoms with E-state index in [4.69, 9.17) is 16.7 Å². The van der Waals surface area contributed by atoms with Crippen molar-refractivity contribution in [1.29, 1.82) is 0 Å². The summed E-state index contributed by atoms with van der Waals surface area (Å²) in [6.07, 6.45) is 0. The molecule has 0 saturated carbocycles. The van der Waals surface area contributed by atoms with E-state index in [1.54, 1.807) is 12.1 Å². The average molecular weight is 220 g/mol. The summed E-state index contributed by atoms with van der Waals surface area (Å²) in [7, 11) is -3.50. The van der Waals surface area contributed by atoms with E-state index in [9.17, 15) is 8.42 Å². The zero-order chi connectivity index (χ0) is 10.1. The van der Waals surface area contributed by atoms with Gasteiger partial charge in [-0.3, -0.25) is 0 Å². The smallest absolute Gasteiger partial charge is 0.213 e. The van der Waals surface area contributed by atoms with Crippen molar-refractivity contribution in [3.05, 3.63) is 34.3 Å². The molecule has 1 aromatic rings. The molecule has 0 aromatic heterocycles. The summed E-state index contributed by atoms with van der Waals surface area (Å²) >= 11 is 5.88. The van der Waals surface area contributed by atoms with E-state index in [1.165, 1.54) is 0 Å². The number of halogens is 1. The van der Waals surface area contributed by atoms with Crippen LogP contribution in [0.2, 0.25) is 5.02 Å². The first kappa shape index (κ1) is 10.5. The largest absolute Gasteiger partial charge is 0.228 e. The third kappa shape index (κ3) is 2.99. The lowest BCUT2D eigenvalue weighted by Crippen LogP contribution is -2.14. The normalized spacial score (nSPS) is 11.6. The van der Waals surface area contributed by atoms with E-state index in [0.717, 1.165) is 5.56 Å². The van der Waals surface area contributed by atoms with E-state index < -0.39 is 10.0 Å². The number of hydrogen-bond acceptors (Lipinski definition) is 2. The van der Waals surface area contributed by atoms with Crippen molar-refractivity contribution in [2.75, 3.05) is 0 Å². The van der Waals surface area contributed by atoms with Gasteiger partial charge in [0.2, 0.25) is 10.0 Å². The molecule has 3 nitrogen and oxygen atoms in total.